The van der Waals surface area contributed by atoms with Gasteiger partial charge in [0.15, 0.2) is 0 Å². The van der Waals surface area contributed by atoms with Crippen LogP contribution in [0.5, 0.6) is 0 Å². The lowest BCUT2D eigenvalue weighted by atomic mass is 10.0. The highest BCUT2D eigenvalue weighted by Crippen LogP contribution is 2.15. The molecule has 0 unspecified atom stereocenters. The molecule has 0 heterocycles. The molecule has 9 heavy (non-hydrogen) atoms. The van der Waals surface area contributed by atoms with Crippen LogP contribution in [0.15, 0.2) is 0 Å². The van der Waals surface area contributed by atoms with Crippen LogP contribution in [-0.2, 0) is 0 Å². The highest BCUT2D eigenvalue weighted by molar-refractivity contribution is 4.51. The molecule has 0 saturated heterocycles. The van der Waals surface area contributed by atoms with Crippen molar-refractivity contribution in [3.8, 4) is 0 Å². The number of rotatable bonds is 0. The summed E-state index contributed by atoms with van der Waals surface area (Å²) < 4.78 is 0. The molecule has 1 fully saturated rings. The molecule has 0 aliphatic heterocycles. The van der Waals surface area contributed by atoms with Crippen LogP contribution in [0.3, 0.4) is 0 Å². The van der Waals surface area contributed by atoms with Crippen LogP contribution in [0.25, 0.3) is 0 Å². The van der Waals surface area contributed by atoms with E-state index in [1.165, 1.54) is 38.5 Å². The predicted octanol–water partition coefficient (Wildman–Crippen LogP) is 3.30. The van der Waals surface area contributed by atoms with E-state index in [-0.39, 0.29) is 19.7 Å². The van der Waals surface area contributed by atoms with Gasteiger partial charge < -0.3 is 12.3 Å². The van der Waals surface area contributed by atoms with Gasteiger partial charge in [-0.1, -0.05) is 46.0 Å². The molecular formula is C7H22N2. The molecule has 1 rings (SSSR count). The predicted molar refractivity (Wildman–Crippen MR) is 44.5 cm³/mol. The maximum absolute atomic E-state index is 1.50. The smallest absolute Gasteiger partial charge is 0.0533 e. The summed E-state index contributed by atoms with van der Waals surface area (Å²) >= 11 is 0. The average molecular weight is 134 g/mol. The van der Waals surface area contributed by atoms with E-state index in [1.54, 1.807) is 0 Å². The minimum absolute atomic E-state index is 0. The van der Waals surface area contributed by atoms with E-state index in [1.807, 2.05) is 0 Å². The number of hydrogen-bond acceptors (Lipinski definition) is 2. The summed E-state index contributed by atoms with van der Waals surface area (Å²) in [6.07, 6.45) is 9.00. The van der Waals surface area contributed by atoms with Crippen molar-refractivity contribution in [2.75, 3.05) is 0 Å². The summed E-state index contributed by atoms with van der Waals surface area (Å²) in [6, 6.07) is 0. The first-order valence-corrected chi connectivity index (χ1v) is 3.00. The summed E-state index contributed by atoms with van der Waals surface area (Å²) in [6.45, 7) is 0. The monoisotopic (exact) mass is 134 g/mol. The Balaban J connectivity index is -0.000000120. The van der Waals surface area contributed by atoms with Crippen LogP contribution in [0, 0.1) is 0 Å². The Morgan fingerprint density at radius 2 is 0.556 bits per heavy atom. The molecule has 1 aliphatic rings. The van der Waals surface area contributed by atoms with Gasteiger partial charge >= 0.3 is 0 Å². The molecule has 0 radical (unpaired) electrons. The van der Waals surface area contributed by atoms with Gasteiger partial charge in [0, 0.05) is 0 Å². The number of hydrogen-bond donors (Lipinski definition) is 2. The Morgan fingerprint density at radius 1 is 0.444 bits per heavy atom. The molecule has 6 N–H and O–H groups in total. The quantitative estimate of drug-likeness (QED) is 0.533. The molecule has 1 saturated carbocycles. The fraction of sp³-hybridized carbons (Fsp3) is 1.00. The highest BCUT2D eigenvalue weighted by atomic mass is 14.0. The molecular weight excluding hydrogens is 112 g/mol. The van der Waals surface area contributed by atoms with Gasteiger partial charge in [0.05, 0.1) is 0 Å². The lowest BCUT2D eigenvalue weighted by molar-refractivity contribution is 0.504. The van der Waals surface area contributed by atoms with E-state index in [9.17, 15) is 0 Å². The van der Waals surface area contributed by atoms with E-state index in [0.29, 0.717) is 0 Å². The second-order valence-electron chi connectivity index (χ2n) is 2.12. The summed E-state index contributed by atoms with van der Waals surface area (Å²) in [7, 11) is 0. The highest BCUT2D eigenvalue weighted by Gasteiger charge is 1.95. The van der Waals surface area contributed by atoms with Gasteiger partial charge in [-0.2, -0.15) is 0 Å². The van der Waals surface area contributed by atoms with Crippen LogP contribution in [0.2, 0.25) is 0 Å². The van der Waals surface area contributed by atoms with Crippen molar-refractivity contribution in [3.05, 3.63) is 0 Å². The minimum atomic E-state index is 0. The SMILES string of the molecule is C.C1CCCCC1.N.N. The minimum Gasteiger partial charge on any atom is -0.344 e. The second-order valence-corrected chi connectivity index (χ2v) is 2.12. The van der Waals surface area contributed by atoms with Crippen LogP contribution < -0.4 is 12.3 Å². The van der Waals surface area contributed by atoms with Crippen LogP contribution in [-0.4, -0.2) is 0 Å². The van der Waals surface area contributed by atoms with Gasteiger partial charge in [0.2, 0.25) is 0 Å². The van der Waals surface area contributed by atoms with Crippen LogP contribution >= 0.6 is 0 Å². The third-order valence-corrected chi connectivity index (χ3v) is 1.50. The van der Waals surface area contributed by atoms with E-state index < -0.39 is 0 Å². The Kier molecular flexibility index (Phi) is 19.2. The molecule has 0 aromatic carbocycles. The van der Waals surface area contributed by atoms with Gasteiger partial charge in [-0.3, -0.25) is 0 Å². The first kappa shape index (κ1) is 16.0. The molecule has 2 heteroatoms. The van der Waals surface area contributed by atoms with E-state index >= 15 is 0 Å². The molecule has 2 nitrogen and oxygen atoms in total. The van der Waals surface area contributed by atoms with E-state index in [2.05, 4.69) is 0 Å². The fourth-order valence-electron chi connectivity index (χ4n) is 1.06. The summed E-state index contributed by atoms with van der Waals surface area (Å²) in [5, 5.41) is 0. The Labute approximate surface area is 59.2 Å². The van der Waals surface area contributed by atoms with Crippen LogP contribution in [0.4, 0.5) is 0 Å². The third kappa shape index (κ3) is 7.92. The van der Waals surface area contributed by atoms with Crippen LogP contribution in [0.1, 0.15) is 46.0 Å². The van der Waals surface area contributed by atoms with E-state index in [0.717, 1.165) is 0 Å². The standard InChI is InChI=1S/C6H12.CH4.2H3N/c1-2-4-6-5-3-1;;;/h1-6H2;1H4;2*1H3. The van der Waals surface area contributed by atoms with Crippen molar-refractivity contribution in [1.29, 1.82) is 0 Å². The molecule has 0 aromatic rings. The zero-order chi connectivity index (χ0) is 4.24. The lowest BCUT2D eigenvalue weighted by Gasteiger charge is -2.05. The first-order valence-electron chi connectivity index (χ1n) is 3.00. The van der Waals surface area contributed by atoms with Gasteiger partial charge in [-0.25, -0.2) is 0 Å². The van der Waals surface area contributed by atoms with Gasteiger partial charge in [0.25, 0.3) is 0 Å². The Bertz CT molecular complexity index is 22.4. The van der Waals surface area contributed by atoms with Crippen molar-refractivity contribution in [3.63, 3.8) is 0 Å². The zero-order valence-electron chi connectivity index (χ0n) is 5.66. The largest absolute Gasteiger partial charge is 0.344 e. The normalized spacial score (nSPS) is 16.0. The summed E-state index contributed by atoms with van der Waals surface area (Å²) in [5.41, 5.74) is 0. The topological polar surface area (TPSA) is 70.0 Å². The van der Waals surface area contributed by atoms with Crippen molar-refractivity contribution in [1.82, 2.24) is 12.3 Å². The second kappa shape index (κ2) is 10.8. The Morgan fingerprint density at radius 3 is 0.667 bits per heavy atom. The molecule has 60 valence electrons. The maximum atomic E-state index is 1.50. The van der Waals surface area contributed by atoms with Gasteiger partial charge in [-0.05, 0) is 0 Å². The van der Waals surface area contributed by atoms with Crippen molar-refractivity contribution >= 4 is 0 Å². The van der Waals surface area contributed by atoms with Gasteiger partial charge in [0.1, 0.15) is 0 Å². The first-order chi connectivity index (χ1) is 3.00. The summed E-state index contributed by atoms with van der Waals surface area (Å²) in [4.78, 5) is 0. The Hall–Kier alpha value is -0.0800. The maximum Gasteiger partial charge on any atom is -0.0533 e. The molecule has 1 aliphatic carbocycles. The fourth-order valence-corrected chi connectivity index (χ4v) is 1.06. The molecule has 0 bridgehead atoms. The molecule has 0 spiro atoms. The van der Waals surface area contributed by atoms with Gasteiger partial charge in [-0.15, -0.1) is 0 Å². The summed E-state index contributed by atoms with van der Waals surface area (Å²) in [5.74, 6) is 0. The molecule has 0 atom stereocenters. The van der Waals surface area contributed by atoms with Crippen molar-refractivity contribution < 1.29 is 0 Å². The zero-order valence-corrected chi connectivity index (χ0v) is 5.66. The third-order valence-electron chi connectivity index (χ3n) is 1.50. The van der Waals surface area contributed by atoms with Crippen molar-refractivity contribution in [2.24, 2.45) is 0 Å². The molecule has 0 aromatic heterocycles. The average Bonchev–Trinajstić information content (AvgIpc) is 1.72. The van der Waals surface area contributed by atoms with Crippen molar-refractivity contribution in [2.45, 2.75) is 46.0 Å². The lowest BCUT2D eigenvalue weighted by Crippen LogP contribution is -1.85. The molecule has 0 amide bonds. The van der Waals surface area contributed by atoms with E-state index in [4.69, 9.17) is 0 Å².